The highest BCUT2D eigenvalue weighted by Gasteiger charge is 2.42. The van der Waals surface area contributed by atoms with Crippen LogP contribution < -0.4 is 16.4 Å². The lowest BCUT2D eigenvalue weighted by molar-refractivity contribution is 0.0353. The fourth-order valence-corrected chi connectivity index (χ4v) is 3.93. The van der Waals surface area contributed by atoms with Crippen molar-refractivity contribution in [3.8, 4) is 0 Å². The molecule has 2 amide bonds. The first-order valence-electron chi connectivity index (χ1n) is 10.1. The van der Waals surface area contributed by atoms with E-state index >= 15 is 0 Å². The van der Waals surface area contributed by atoms with Crippen molar-refractivity contribution in [2.24, 2.45) is 5.73 Å². The largest absolute Gasteiger partial charge is 0.444 e. The number of nitrogens with one attached hydrogen (secondary N) is 2. The van der Waals surface area contributed by atoms with Crippen molar-refractivity contribution in [2.75, 3.05) is 20.2 Å². The van der Waals surface area contributed by atoms with E-state index in [4.69, 9.17) is 15.2 Å². The van der Waals surface area contributed by atoms with Crippen LogP contribution in [-0.2, 0) is 21.3 Å². The number of fused-ring (bicyclic) bond motifs is 1. The van der Waals surface area contributed by atoms with E-state index in [1.54, 1.807) is 13.2 Å². The summed E-state index contributed by atoms with van der Waals surface area (Å²) in [6.45, 7) is 11.1. The maximum Gasteiger partial charge on any atom is 0.407 e. The van der Waals surface area contributed by atoms with Crippen molar-refractivity contribution in [3.05, 3.63) is 34.9 Å². The van der Waals surface area contributed by atoms with Crippen LogP contribution in [0.5, 0.6) is 0 Å². The van der Waals surface area contributed by atoms with E-state index in [1.807, 2.05) is 32.9 Å². The normalized spacial score (nSPS) is 20.6. The van der Waals surface area contributed by atoms with E-state index in [0.29, 0.717) is 18.7 Å². The standard InChI is InChI=1S/C22H35N3O4/c1-21(2,3)29-20(27)25-11-7-10-24-18-17(28-6)13-14-8-9-15(19(23)26)12-16(14)22(18,4)5/h8-9,12,17-18,24H,7,10-11,13H2,1-6H3,(H2,23,26)(H,25,27)/t17-,18+/m1/s1. The Kier molecular flexibility index (Phi) is 7.30. The van der Waals surface area contributed by atoms with Crippen molar-refractivity contribution in [3.63, 3.8) is 0 Å². The summed E-state index contributed by atoms with van der Waals surface area (Å²) >= 11 is 0. The summed E-state index contributed by atoms with van der Waals surface area (Å²) in [4.78, 5) is 23.4. The number of benzene rings is 1. The molecule has 0 unspecified atom stereocenters. The Morgan fingerprint density at radius 3 is 2.52 bits per heavy atom. The van der Waals surface area contributed by atoms with Gasteiger partial charge in [-0.1, -0.05) is 19.9 Å². The zero-order valence-corrected chi connectivity index (χ0v) is 18.4. The molecule has 0 aromatic heterocycles. The molecule has 7 nitrogen and oxygen atoms in total. The number of carbonyl (C=O) groups is 2. The van der Waals surface area contributed by atoms with Gasteiger partial charge in [-0.3, -0.25) is 4.79 Å². The maximum absolute atomic E-state index is 11.7. The fraction of sp³-hybridized carbons (Fsp3) is 0.636. The molecule has 2 atom stereocenters. The predicted octanol–water partition coefficient (Wildman–Crippen LogP) is 2.51. The molecule has 0 spiro atoms. The number of carbonyl (C=O) groups excluding carboxylic acids is 2. The Hall–Kier alpha value is -2.12. The van der Waals surface area contributed by atoms with E-state index in [9.17, 15) is 9.59 Å². The lowest BCUT2D eigenvalue weighted by Crippen LogP contribution is -2.57. The molecule has 2 rings (SSSR count). The average molecular weight is 406 g/mol. The Bertz CT molecular complexity index is 740. The quantitative estimate of drug-likeness (QED) is 0.605. The molecule has 0 bridgehead atoms. The SMILES string of the molecule is CO[C@@H]1Cc2ccc(C(N)=O)cc2C(C)(C)[C@H]1NCCCNC(=O)OC(C)(C)C. The molecule has 0 fully saturated rings. The van der Waals surface area contributed by atoms with Crippen LogP contribution in [0.25, 0.3) is 0 Å². The van der Waals surface area contributed by atoms with E-state index < -0.39 is 17.6 Å². The number of rotatable bonds is 7. The fourth-order valence-electron chi connectivity index (χ4n) is 3.93. The van der Waals surface area contributed by atoms with Crippen molar-refractivity contribution in [2.45, 2.75) is 70.6 Å². The molecule has 4 N–H and O–H groups in total. The molecule has 0 aliphatic heterocycles. The van der Waals surface area contributed by atoms with Crippen molar-refractivity contribution in [1.82, 2.24) is 10.6 Å². The minimum atomic E-state index is -0.503. The van der Waals surface area contributed by atoms with Crippen LogP contribution in [0.15, 0.2) is 18.2 Å². The number of nitrogens with two attached hydrogens (primary N) is 1. The number of primary amides is 1. The summed E-state index contributed by atoms with van der Waals surface area (Å²) in [7, 11) is 1.72. The van der Waals surface area contributed by atoms with E-state index in [2.05, 4.69) is 24.5 Å². The van der Waals surface area contributed by atoms with Crippen LogP contribution in [0.4, 0.5) is 4.79 Å². The topological polar surface area (TPSA) is 103 Å². The van der Waals surface area contributed by atoms with Gasteiger partial charge >= 0.3 is 6.09 Å². The van der Waals surface area contributed by atoms with Crippen molar-refractivity contribution in [1.29, 1.82) is 0 Å². The van der Waals surface area contributed by atoms with Gasteiger partial charge in [0, 0.05) is 37.1 Å². The van der Waals surface area contributed by atoms with Gasteiger partial charge in [-0.25, -0.2) is 4.79 Å². The van der Waals surface area contributed by atoms with Crippen molar-refractivity contribution >= 4 is 12.0 Å². The van der Waals surface area contributed by atoms with Gasteiger partial charge in [0.15, 0.2) is 0 Å². The van der Waals surface area contributed by atoms with Gasteiger partial charge in [0.1, 0.15) is 5.60 Å². The number of hydrogen-bond acceptors (Lipinski definition) is 5. The molecule has 1 aromatic rings. The number of ether oxygens (including phenoxy) is 2. The van der Waals surface area contributed by atoms with Gasteiger partial charge in [0.05, 0.1) is 6.10 Å². The smallest absolute Gasteiger partial charge is 0.407 e. The van der Waals surface area contributed by atoms with Crippen LogP contribution in [0, 0.1) is 0 Å². The van der Waals surface area contributed by atoms with Gasteiger partial charge in [-0.15, -0.1) is 0 Å². The minimum Gasteiger partial charge on any atom is -0.444 e. The van der Waals surface area contributed by atoms with E-state index in [1.165, 1.54) is 5.56 Å². The Labute approximate surface area is 173 Å². The second kappa shape index (κ2) is 9.13. The van der Waals surface area contributed by atoms with Crippen LogP contribution >= 0.6 is 0 Å². The van der Waals surface area contributed by atoms with Crippen molar-refractivity contribution < 1.29 is 19.1 Å². The second-order valence-corrected chi connectivity index (χ2v) is 9.15. The molecule has 0 heterocycles. The predicted molar refractivity (Wildman–Crippen MR) is 113 cm³/mol. The van der Waals surface area contributed by atoms with Crippen LogP contribution in [0.1, 0.15) is 62.5 Å². The first kappa shape index (κ1) is 23.2. The van der Waals surface area contributed by atoms with Crippen LogP contribution in [-0.4, -0.2) is 49.9 Å². The van der Waals surface area contributed by atoms with Crippen LogP contribution in [0.2, 0.25) is 0 Å². The highest BCUT2D eigenvalue weighted by atomic mass is 16.6. The Balaban J connectivity index is 2.00. The molecule has 1 aliphatic carbocycles. The summed E-state index contributed by atoms with van der Waals surface area (Å²) in [5.41, 5.74) is 7.54. The monoisotopic (exact) mass is 405 g/mol. The van der Waals surface area contributed by atoms with E-state index in [-0.39, 0.29) is 17.6 Å². The molecule has 162 valence electrons. The maximum atomic E-state index is 11.7. The molecule has 0 saturated heterocycles. The number of alkyl carbamates (subject to hydrolysis) is 1. The molecular formula is C22H35N3O4. The highest BCUT2D eigenvalue weighted by Crippen LogP contribution is 2.38. The molecule has 0 saturated carbocycles. The van der Waals surface area contributed by atoms with Gasteiger partial charge in [-0.05, 0) is 57.0 Å². The molecular weight excluding hydrogens is 370 g/mol. The lowest BCUT2D eigenvalue weighted by Gasteiger charge is -2.45. The zero-order chi connectivity index (χ0) is 21.8. The third-order valence-corrected chi connectivity index (χ3v) is 5.35. The first-order chi connectivity index (χ1) is 13.5. The Morgan fingerprint density at radius 2 is 1.93 bits per heavy atom. The summed E-state index contributed by atoms with van der Waals surface area (Å²) in [5.74, 6) is -0.421. The minimum absolute atomic E-state index is 0.00995. The van der Waals surface area contributed by atoms with Gasteiger partial charge in [0.25, 0.3) is 0 Å². The zero-order valence-electron chi connectivity index (χ0n) is 18.4. The molecule has 1 aliphatic rings. The first-order valence-corrected chi connectivity index (χ1v) is 10.1. The van der Waals surface area contributed by atoms with E-state index in [0.717, 1.165) is 18.4 Å². The second-order valence-electron chi connectivity index (χ2n) is 9.15. The highest BCUT2D eigenvalue weighted by molar-refractivity contribution is 5.93. The summed E-state index contributed by atoms with van der Waals surface area (Å²) in [6, 6.07) is 5.72. The van der Waals surface area contributed by atoms with Crippen LogP contribution in [0.3, 0.4) is 0 Å². The summed E-state index contributed by atoms with van der Waals surface area (Å²) in [6.07, 6.45) is 1.13. The third kappa shape index (κ3) is 5.93. The average Bonchev–Trinajstić information content (AvgIpc) is 2.60. The van der Waals surface area contributed by atoms with Gasteiger partial charge in [-0.2, -0.15) is 0 Å². The lowest BCUT2D eigenvalue weighted by atomic mass is 9.67. The molecule has 7 heteroatoms. The number of hydrogen-bond donors (Lipinski definition) is 3. The summed E-state index contributed by atoms with van der Waals surface area (Å²) in [5, 5.41) is 6.37. The number of methoxy groups -OCH3 is 1. The van der Waals surface area contributed by atoms with Gasteiger partial charge < -0.3 is 25.8 Å². The van der Waals surface area contributed by atoms with Gasteiger partial charge in [0.2, 0.25) is 5.91 Å². The Morgan fingerprint density at radius 1 is 1.24 bits per heavy atom. The number of amides is 2. The molecule has 29 heavy (non-hydrogen) atoms. The summed E-state index contributed by atoms with van der Waals surface area (Å²) < 4.78 is 11.0. The molecule has 1 aromatic carbocycles. The molecule has 0 radical (unpaired) electrons. The third-order valence-electron chi connectivity index (χ3n) is 5.35.